The Balaban J connectivity index is 1.61. The summed E-state index contributed by atoms with van der Waals surface area (Å²) in [4.78, 5) is 81.6. The number of nitrogens with two attached hydrogens (primary N) is 1. The first-order valence-electron chi connectivity index (χ1n) is 17.7. The number of hydrogen-bond donors (Lipinski definition) is 4. The summed E-state index contributed by atoms with van der Waals surface area (Å²) in [6, 6.07) is 3.22. The van der Waals surface area contributed by atoms with Crippen molar-refractivity contribution in [2.75, 3.05) is 6.54 Å². The first kappa shape index (κ1) is 37.9. The van der Waals surface area contributed by atoms with Gasteiger partial charge >= 0.3 is 12.0 Å². The Kier molecular flexibility index (Phi) is 12.1. The number of nitrogens with zero attached hydrogens (tertiary/aromatic N) is 1. The van der Waals surface area contributed by atoms with Crippen molar-refractivity contribution < 1.29 is 33.5 Å². The topological polar surface area (TPSA) is 177 Å². The van der Waals surface area contributed by atoms with Gasteiger partial charge in [0.1, 0.15) is 18.1 Å². The van der Waals surface area contributed by atoms with Crippen LogP contribution in [0.25, 0.3) is 0 Å². The van der Waals surface area contributed by atoms with Gasteiger partial charge in [-0.15, -0.1) is 0 Å². The standard InChI is InChI=1S/C37H55N5O7/c1-20(2)26-18-28(33(45)39-27(30(43)32(38)44)15-22-11-10-12-22)42(19-26)34(46)29(25-16-23-13-8-9-14-24(23)17-25)40-36(48)41-31(37(5,6)7)35(47)49-21(3)4/h8-9,13-14,20-22,25-29,31H,10-12,15-19H2,1-7H3,(H2,38,44)(H,39,45)(H2,40,41,48)/t26-,27?,28+,29+,31-/m1/s1. The molecule has 3 aliphatic rings. The lowest BCUT2D eigenvalue weighted by atomic mass is 9.80. The van der Waals surface area contributed by atoms with Gasteiger partial charge in [0.25, 0.3) is 5.91 Å². The number of urea groups is 1. The van der Waals surface area contributed by atoms with Gasteiger partial charge in [0.05, 0.1) is 12.1 Å². The molecule has 1 saturated carbocycles. The highest BCUT2D eigenvalue weighted by molar-refractivity contribution is 6.37. The molecule has 1 heterocycles. The van der Waals surface area contributed by atoms with Gasteiger partial charge in [0.15, 0.2) is 0 Å². The Morgan fingerprint density at radius 1 is 0.918 bits per heavy atom. The number of nitrogens with one attached hydrogen (secondary N) is 3. The van der Waals surface area contributed by atoms with E-state index in [0.717, 1.165) is 30.4 Å². The maximum atomic E-state index is 14.7. The molecule has 4 rings (SSSR count). The highest BCUT2D eigenvalue weighted by Crippen LogP contribution is 2.35. The average molecular weight is 682 g/mol. The zero-order chi connectivity index (χ0) is 36.2. The van der Waals surface area contributed by atoms with Crippen LogP contribution in [0.1, 0.15) is 91.7 Å². The van der Waals surface area contributed by atoms with Crippen LogP contribution in [0.4, 0.5) is 4.79 Å². The van der Waals surface area contributed by atoms with Crippen LogP contribution in [0.15, 0.2) is 24.3 Å². The molecule has 0 radical (unpaired) electrons. The van der Waals surface area contributed by atoms with Crippen LogP contribution in [0.3, 0.4) is 0 Å². The number of benzene rings is 1. The molecule has 0 aromatic heterocycles. The number of fused-ring (bicyclic) bond motifs is 1. The molecule has 12 nitrogen and oxygen atoms in total. The fourth-order valence-electron chi connectivity index (χ4n) is 7.21. The van der Waals surface area contributed by atoms with Crippen molar-refractivity contribution in [2.24, 2.45) is 34.8 Å². The minimum atomic E-state index is -1.11. The van der Waals surface area contributed by atoms with Gasteiger partial charge in [0, 0.05) is 6.54 Å². The second kappa shape index (κ2) is 15.7. The van der Waals surface area contributed by atoms with E-state index in [1.807, 2.05) is 58.9 Å². The van der Waals surface area contributed by atoms with E-state index in [0.29, 0.717) is 25.7 Å². The first-order valence-corrected chi connectivity index (χ1v) is 17.7. The first-order chi connectivity index (χ1) is 23.0. The lowest BCUT2D eigenvalue weighted by Crippen LogP contribution is -2.61. The highest BCUT2D eigenvalue weighted by atomic mass is 16.5. The van der Waals surface area contributed by atoms with Crippen molar-refractivity contribution in [2.45, 2.75) is 124 Å². The summed E-state index contributed by atoms with van der Waals surface area (Å²) in [5.74, 6) is -3.42. The Hall–Kier alpha value is -3.96. The molecule has 5 amide bonds. The smallest absolute Gasteiger partial charge is 0.329 e. The third kappa shape index (κ3) is 9.39. The Bertz CT molecular complexity index is 1390. The molecule has 0 spiro atoms. The fourth-order valence-corrected chi connectivity index (χ4v) is 7.21. The quantitative estimate of drug-likeness (QED) is 0.183. The van der Waals surface area contributed by atoms with Gasteiger partial charge in [-0.1, -0.05) is 78.1 Å². The predicted octanol–water partition coefficient (Wildman–Crippen LogP) is 3.04. The van der Waals surface area contributed by atoms with Crippen molar-refractivity contribution in [3.8, 4) is 0 Å². The van der Waals surface area contributed by atoms with Gasteiger partial charge in [-0.05, 0) is 79.7 Å². The summed E-state index contributed by atoms with van der Waals surface area (Å²) in [5.41, 5.74) is 6.83. The molecule has 12 heteroatoms. The molecular formula is C37H55N5O7. The average Bonchev–Trinajstić information content (AvgIpc) is 3.63. The van der Waals surface area contributed by atoms with Crippen LogP contribution >= 0.6 is 0 Å². The summed E-state index contributed by atoms with van der Waals surface area (Å²) in [7, 11) is 0. The zero-order valence-electron chi connectivity index (χ0n) is 30.0. The van der Waals surface area contributed by atoms with E-state index < -0.39 is 65.1 Å². The fraction of sp³-hybridized carbons (Fsp3) is 0.676. The van der Waals surface area contributed by atoms with Crippen molar-refractivity contribution in [3.05, 3.63) is 35.4 Å². The lowest BCUT2D eigenvalue weighted by Gasteiger charge is -2.34. The predicted molar refractivity (Wildman–Crippen MR) is 184 cm³/mol. The molecule has 5 N–H and O–H groups in total. The Morgan fingerprint density at radius 3 is 2.02 bits per heavy atom. The second-order valence-corrected chi connectivity index (χ2v) is 15.9. The molecule has 2 fully saturated rings. The Morgan fingerprint density at radius 2 is 1.53 bits per heavy atom. The normalized spacial score (nSPS) is 21.4. The minimum absolute atomic E-state index is 0.0112. The number of primary amides is 1. The lowest BCUT2D eigenvalue weighted by molar-refractivity contribution is -0.152. The van der Waals surface area contributed by atoms with E-state index in [9.17, 15) is 28.8 Å². The summed E-state index contributed by atoms with van der Waals surface area (Å²) < 4.78 is 5.43. The molecule has 270 valence electrons. The van der Waals surface area contributed by atoms with Gasteiger partial charge in [-0.3, -0.25) is 19.2 Å². The number of ketones is 1. The minimum Gasteiger partial charge on any atom is -0.461 e. The van der Waals surface area contributed by atoms with E-state index in [1.54, 1.807) is 13.8 Å². The molecule has 1 aromatic rings. The molecular weight excluding hydrogens is 626 g/mol. The van der Waals surface area contributed by atoms with Crippen LogP contribution in [0.2, 0.25) is 0 Å². The van der Waals surface area contributed by atoms with E-state index >= 15 is 0 Å². The maximum absolute atomic E-state index is 14.7. The third-order valence-electron chi connectivity index (χ3n) is 10.4. The van der Waals surface area contributed by atoms with E-state index in [4.69, 9.17) is 10.5 Å². The monoisotopic (exact) mass is 681 g/mol. The van der Waals surface area contributed by atoms with E-state index in [2.05, 4.69) is 16.0 Å². The third-order valence-corrected chi connectivity index (χ3v) is 10.4. The van der Waals surface area contributed by atoms with Crippen LogP contribution in [-0.2, 0) is 41.6 Å². The SMILES string of the molecule is CC(C)OC(=O)[C@@H](NC(=O)N[C@H](C(=O)N1C[C@H](C(C)C)C[C@H]1C(=O)NC(CC1CCC1)C(=O)C(N)=O)C1Cc2ccccc2C1)C(C)(C)C. The van der Waals surface area contributed by atoms with E-state index in [-0.39, 0.29) is 36.3 Å². The van der Waals surface area contributed by atoms with Gasteiger partial charge < -0.3 is 31.3 Å². The summed E-state index contributed by atoms with van der Waals surface area (Å²) in [6.45, 7) is 13.3. The maximum Gasteiger partial charge on any atom is 0.329 e. The summed E-state index contributed by atoms with van der Waals surface area (Å²) in [6.07, 6.45) is 4.23. The molecule has 2 aliphatic carbocycles. The highest BCUT2D eigenvalue weighted by Gasteiger charge is 2.47. The number of carbonyl (C=O) groups excluding carboxylic acids is 6. The number of ether oxygens (including phenoxy) is 1. The number of esters is 1. The number of amides is 5. The zero-order valence-corrected chi connectivity index (χ0v) is 30.0. The van der Waals surface area contributed by atoms with Crippen molar-refractivity contribution in [1.82, 2.24) is 20.9 Å². The number of hydrogen-bond acceptors (Lipinski definition) is 7. The molecule has 5 atom stereocenters. The number of Topliss-reactive ketones (excluding diaryl/α,β-unsaturated/α-hetero) is 1. The molecule has 1 saturated heterocycles. The van der Waals surface area contributed by atoms with Crippen LogP contribution < -0.4 is 21.7 Å². The van der Waals surface area contributed by atoms with Crippen LogP contribution in [0, 0.1) is 29.1 Å². The van der Waals surface area contributed by atoms with Crippen LogP contribution in [-0.4, -0.2) is 77.2 Å². The molecule has 1 unspecified atom stereocenters. The Labute approximate surface area is 290 Å². The van der Waals surface area contributed by atoms with Crippen LogP contribution in [0.5, 0.6) is 0 Å². The van der Waals surface area contributed by atoms with Crippen molar-refractivity contribution in [3.63, 3.8) is 0 Å². The molecule has 1 aliphatic heterocycles. The molecule has 1 aromatic carbocycles. The molecule has 49 heavy (non-hydrogen) atoms. The number of carbonyl (C=O) groups is 6. The second-order valence-electron chi connectivity index (χ2n) is 15.9. The molecule has 0 bridgehead atoms. The largest absolute Gasteiger partial charge is 0.461 e. The summed E-state index contributed by atoms with van der Waals surface area (Å²) >= 11 is 0. The van der Waals surface area contributed by atoms with Crippen molar-refractivity contribution >= 4 is 35.5 Å². The van der Waals surface area contributed by atoms with Gasteiger partial charge in [-0.2, -0.15) is 0 Å². The van der Waals surface area contributed by atoms with Gasteiger partial charge in [0.2, 0.25) is 17.6 Å². The van der Waals surface area contributed by atoms with Gasteiger partial charge in [-0.25, -0.2) is 9.59 Å². The number of likely N-dealkylation sites (tertiary alicyclic amines) is 1. The van der Waals surface area contributed by atoms with Crippen molar-refractivity contribution in [1.29, 1.82) is 0 Å². The number of rotatable bonds is 13. The summed E-state index contributed by atoms with van der Waals surface area (Å²) in [5, 5.41) is 8.45. The van der Waals surface area contributed by atoms with E-state index in [1.165, 1.54) is 4.90 Å².